The van der Waals surface area contributed by atoms with Crippen LogP contribution in [0.2, 0.25) is 5.02 Å². The summed E-state index contributed by atoms with van der Waals surface area (Å²) in [7, 11) is 0. The average molecular weight is 304 g/mol. The van der Waals surface area contributed by atoms with Crippen LogP contribution in [0.25, 0.3) is 16.9 Å². The Morgan fingerprint density at radius 2 is 1.95 bits per heavy atom. The largest absolute Gasteiger partial charge is 0.325 e. The van der Waals surface area contributed by atoms with E-state index in [4.69, 9.17) is 17.3 Å². The summed E-state index contributed by atoms with van der Waals surface area (Å²) in [6.07, 6.45) is 3.34. The van der Waals surface area contributed by atoms with Gasteiger partial charge >= 0.3 is 0 Å². The van der Waals surface area contributed by atoms with Crippen molar-refractivity contribution in [3.8, 4) is 16.9 Å². The van der Waals surface area contributed by atoms with Gasteiger partial charge in [0.1, 0.15) is 11.5 Å². The molecule has 1 aromatic carbocycles. The van der Waals surface area contributed by atoms with Crippen LogP contribution >= 0.6 is 11.6 Å². The Kier molecular flexibility index (Phi) is 3.64. The highest BCUT2D eigenvalue weighted by Gasteiger charge is 2.16. The van der Waals surface area contributed by atoms with Crippen molar-refractivity contribution in [2.45, 2.75) is 6.54 Å². The topological polar surface area (TPSA) is 69.6 Å². The maximum absolute atomic E-state index is 13.3. The molecule has 0 aliphatic heterocycles. The molecule has 2 aromatic heterocycles. The van der Waals surface area contributed by atoms with Crippen LogP contribution in [0.3, 0.4) is 0 Å². The Balaban J connectivity index is 2.20. The van der Waals surface area contributed by atoms with Crippen LogP contribution in [0.1, 0.15) is 5.69 Å². The number of nitrogens with zero attached hydrogens (tertiary/aromatic N) is 4. The van der Waals surface area contributed by atoms with E-state index in [1.54, 1.807) is 23.1 Å². The highest BCUT2D eigenvalue weighted by atomic mass is 35.5. The van der Waals surface area contributed by atoms with Gasteiger partial charge in [0.2, 0.25) is 0 Å². The fourth-order valence-electron chi connectivity index (χ4n) is 2.05. The van der Waals surface area contributed by atoms with Gasteiger partial charge in [-0.1, -0.05) is 16.8 Å². The monoisotopic (exact) mass is 303 g/mol. The molecule has 0 saturated heterocycles. The highest BCUT2D eigenvalue weighted by Crippen LogP contribution is 2.26. The summed E-state index contributed by atoms with van der Waals surface area (Å²) >= 11 is 5.83. The number of nitrogens with two attached hydrogens (primary N) is 1. The Morgan fingerprint density at radius 3 is 2.62 bits per heavy atom. The molecular formula is C14H11ClFN5. The van der Waals surface area contributed by atoms with Crippen molar-refractivity contribution in [1.82, 2.24) is 20.0 Å². The predicted molar refractivity (Wildman–Crippen MR) is 77.4 cm³/mol. The van der Waals surface area contributed by atoms with Crippen LogP contribution in [-0.2, 0) is 6.54 Å². The zero-order valence-electron chi connectivity index (χ0n) is 10.9. The number of aromatic nitrogens is 4. The first kappa shape index (κ1) is 13.7. The number of halogens is 2. The van der Waals surface area contributed by atoms with Gasteiger partial charge in [-0.3, -0.25) is 4.98 Å². The molecular weight excluding hydrogens is 293 g/mol. The second-order valence-corrected chi connectivity index (χ2v) is 4.74. The Labute approximate surface area is 125 Å². The molecule has 0 saturated carbocycles. The summed E-state index contributed by atoms with van der Waals surface area (Å²) in [6.45, 7) is 0.243. The fourth-order valence-corrected chi connectivity index (χ4v) is 2.22. The maximum Gasteiger partial charge on any atom is 0.141 e. The van der Waals surface area contributed by atoms with E-state index < -0.39 is 5.82 Å². The highest BCUT2D eigenvalue weighted by molar-refractivity contribution is 6.30. The van der Waals surface area contributed by atoms with Crippen LogP contribution in [0.4, 0.5) is 4.39 Å². The van der Waals surface area contributed by atoms with Crippen LogP contribution in [0, 0.1) is 5.82 Å². The number of pyridine rings is 1. The lowest BCUT2D eigenvalue weighted by Crippen LogP contribution is -2.03. The quantitative estimate of drug-likeness (QED) is 0.807. The number of hydrogen-bond acceptors (Lipinski definition) is 4. The molecule has 0 bridgehead atoms. The van der Waals surface area contributed by atoms with E-state index in [0.29, 0.717) is 11.4 Å². The lowest BCUT2D eigenvalue weighted by atomic mass is 10.1. The zero-order chi connectivity index (χ0) is 14.8. The predicted octanol–water partition coefficient (Wildman–Crippen LogP) is 2.58. The second-order valence-electron chi connectivity index (χ2n) is 4.33. The van der Waals surface area contributed by atoms with Gasteiger partial charge in [-0.25, -0.2) is 9.07 Å². The number of rotatable bonds is 3. The summed E-state index contributed by atoms with van der Waals surface area (Å²) in [6, 6.07) is 8.04. The molecule has 0 aliphatic rings. The van der Waals surface area contributed by atoms with Crippen LogP contribution in [0.5, 0.6) is 0 Å². The smallest absolute Gasteiger partial charge is 0.141 e. The van der Waals surface area contributed by atoms with E-state index in [-0.39, 0.29) is 11.6 Å². The molecule has 0 fully saturated rings. The summed E-state index contributed by atoms with van der Waals surface area (Å²) in [4.78, 5) is 3.99. The van der Waals surface area contributed by atoms with Gasteiger partial charge in [0.25, 0.3) is 0 Å². The van der Waals surface area contributed by atoms with Gasteiger partial charge in [-0.05, 0) is 30.3 Å². The molecule has 0 aliphatic carbocycles. The Bertz CT molecular complexity index is 772. The molecule has 21 heavy (non-hydrogen) atoms. The molecule has 0 spiro atoms. The Morgan fingerprint density at radius 1 is 1.19 bits per heavy atom. The lowest BCUT2D eigenvalue weighted by molar-refractivity contribution is 0.627. The third-order valence-corrected chi connectivity index (χ3v) is 3.32. The summed E-state index contributed by atoms with van der Waals surface area (Å²) < 4.78 is 14.9. The maximum atomic E-state index is 13.3. The van der Waals surface area contributed by atoms with Crippen LogP contribution < -0.4 is 5.73 Å². The minimum absolute atomic E-state index is 0.0259. The molecule has 3 rings (SSSR count). The van der Waals surface area contributed by atoms with Gasteiger partial charge in [0, 0.05) is 24.5 Å². The van der Waals surface area contributed by atoms with Crippen LogP contribution in [-0.4, -0.2) is 20.0 Å². The molecule has 0 unspecified atom stereocenters. The molecule has 2 heterocycles. The van der Waals surface area contributed by atoms with Gasteiger partial charge < -0.3 is 5.73 Å². The molecule has 5 nitrogen and oxygen atoms in total. The first-order chi connectivity index (χ1) is 10.2. The average Bonchev–Trinajstić information content (AvgIpc) is 2.95. The molecule has 3 aromatic rings. The molecule has 0 radical (unpaired) electrons. The molecule has 2 N–H and O–H groups in total. The van der Waals surface area contributed by atoms with Crippen molar-refractivity contribution in [3.05, 3.63) is 59.3 Å². The van der Waals surface area contributed by atoms with Crippen molar-refractivity contribution >= 4 is 11.6 Å². The SMILES string of the molecule is NCc1nnn(-c2ccc(F)c(Cl)c2)c1-c1ccncc1. The third kappa shape index (κ3) is 2.51. The number of hydrogen-bond donors (Lipinski definition) is 1. The van der Waals surface area contributed by atoms with Crippen molar-refractivity contribution < 1.29 is 4.39 Å². The van der Waals surface area contributed by atoms with Gasteiger partial charge in [-0.2, -0.15) is 0 Å². The van der Waals surface area contributed by atoms with E-state index >= 15 is 0 Å². The van der Waals surface area contributed by atoms with Gasteiger partial charge in [0.15, 0.2) is 0 Å². The summed E-state index contributed by atoms with van der Waals surface area (Å²) in [5.41, 5.74) is 8.58. The summed E-state index contributed by atoms with van der Waals surface area (Å²) in [5.74, 6) is -0.481. The minimum atomic E-state index is -0.481. The van der Waals surface area contributed by atoms with E-state index in [1.807, 2.05) is 12.1 Å². The van der Waals surface area contributed by atoms with Crippen LogP contribution in [0.15, 0.2) is 42.7 Å². The zero-order valence-corrected chi connectivity index (χ0v) is 11.6. The van der Waals surface area contributed by atoms with E-state index in [0.717, 1.165) is 11.3 Å². The molecule has 0 atom stereocenters. The molecule has 0 amide bonds. The normalized spacial score (nSPS) is 10.8. The van der Waals surface area contributed by atoms with E-state index in [1.165, 1.54) is 12.1 Å². The standard InChI is InChI=1S/C14H11ClFN5/c15-11-7-10(1-2-12(11)16)21-14(13(8-17)19-20-21)9-3-5-18-6-4-9/h1-7H,8,17H2. The first-order valence-corrected chi connectivity index (χ1v) is 6.59. The minimum Gasteiger partial charge on any atom is -0.325 e. The van der Waals surface area contributed by atoms with E-state index in [2.05, 4.69) is 15.3 Å². The van der Waals surface area contributed by atoms with Crippen molar-refractivity contribution in [1.29, 1.82) is 0 Å². The molecule has 106 valence electrons. The van der Waals surface area contributed by atoms with E-state index in [9.17, 15) is 4.39 Å². The van der Waals surface area contributed by atoms with Gasteiger partial charge in [-0.15, -0.1) is 5.10 Å². The number of benzene rings is 1. The second kappa shape index (κ2) is 5.59. The fraction of sp³-hybridized carbons (Fsp3) is 0.0714. The lowest BCUT2D eigenvalue weighted by Gasteiger charge is -2.08. The van der Waals surface area contributed by atoms with Gasteiger partial charge in [0.05, 0.1) is 16.4 Å². The molecule has 7 heteroatoms. The summed E-state index contributed by atoms with van der Waals surface area (Å²) in [5, 5.41) is 8.19. The Hall–Kier alpha value is -2.31. The van der Waals surface area contributed by atoms with Crippen molar-refractivity contribution in [2.24, 2.45) is 5.73 Å². The third-order valence-electron chi connectivity index (χ3n) is 3.03. The van der Waals surface area contributed by atoms with Crippen molar-refractivity contribution in [2.75, 3.05) is 0 Å². The van der Waals surface area contributed by atoms with Crippen molar-refractivity contribution in [3.63, 3.8) is 0 Å². The first-order valence-electron chi connectivity index (χ1n) is 6.21.